The third kappa shape index (κ3) is 3.23. The quantitative estimate of drug-likeness (QED) is 0.795. The predicted molar refractivity (Wildman–Crippen MR) is 88.6 cm³/mol. The number of hydrogen-bond donors (Lipinski definition) is 2. The van der Waals surface area contributed by atoms with Crippen molar-refractivity contribution in [3.05, 3.63) is 64.7 Å². The summed E-state index contributed by atoms with van der Waals surface area (Å²) in [5.41, 5.74) is -1.45. The molecule has 140 valence electrons. The lowest BCUT2D eigenvalue weighted by Gasteiger charge is -2.21. The first kappa shape index (κ1) is 18.4. The van der Waals surface area contributed by atoms with Crippen molar-refractivity contribution in [2.45, 2.75) is 19.1 Å². The highest BCUT2D eigenvalue weighted by Crippen LogP contribution is 2.38. The minimum Gasteiger partial charge on any atom is -0.465 e. The molecule has 1 atom stereocenters. The fraction of sp³-hybridized carbons (Fsp3) is 0.167. The molecule has 0 saturated heterocycles. The number of imide groups is 1. The van der Waals surface area contributed by atoms with Gasteiger partial charge >= 0.3 is 12.3 Å². The summed E-state index contributed by atoms with van der Waals surface area (Å²) in [6.07, 6.45) is -6.28. The van der Waals surface area contributed by atoms with Crippen LogP contribution in [0.25, 0.3) is 0 Å². The maximum atomic E-state index is 13.5. The van der Waals surface area contributed by atoms with E-state index in [-0.39, 0.29) is 22.4 Å². The van der Waals surface area contributed by atoms with Crippen LogP contribution in [0.4, 0.5) is 23.7 Å². The molecule has 0 spiro atoms. The smallest absolute Gasteiger partial charge is 0.416 e. The van der Waals surface area contributed by atoms with E-state index in [0.29, 0.717) is 11.0 Å². The van der Waals surface area contributed by atoms with Crippen LogP contribution in [0, 0.1) is 0 Å². The van der Waals surface area contributed by atoms with Gasteiger partial charge in [-0.05, 0) is 36.8 Å². The second kappa shape index (κ2) is 6.42. The number of nitrogens with zero attached hydrogens (tertiary/aromatic N) is 1. The third-order valence-electron chi connectivity index (χ3n) is 4.20. The number of nitrogens with one attached hydrogen (secondary N) is 1. The van der Waals surface area contributed by atoms with Crippen LogP contribution >= 0.6 is 0 Å². The number of rotatable bonds is 3. The highest BCUT2D eigenvalue weighted by Gasteiger charge is 2.39. The van der Waals surface area contributed by atoms with E-state index >= 15 is 0 Å². The molecule has 9 heteroatoms. The number of anilines is 1. The molecule has 0 aromatic heterocycles. The Hall–Kier alpha value is -3.36. The summed E-state index contributed by atoms with van der Waals surface area (Å²) >= 11 is 0. The molecule has 2 aromatic rings. The molecule has 0 saturated carbocycles. The second-order valence-electron chi connectivity index (χ2n) is 5.93. The Bertz CT molecular complexity index is 921. The summed E-state index contributed by atoms with van der Waals surface area (Å²) < 4.78 is 40.5. The van der Waals surface area contributed by atoms with Crippen molar-refractivity contribution < 1.29 is 32.7 Å². The van der Waals surface area contributed by atoms with Crippen molar-refractivity contribution in [2.24, 2.45) is 0 Å². The Labute approximate surface area is 151 Å². The van der Waals surface area contributed by atoms with Crippen LogP contribution in [0.2, 0.25) is 0 Å². The standard InChI is InChI=1S/C18H13F3N2O4/c1-9(22-17(26)27)11-7-6-10(8-14(11)18(19,20)21)23-15(24)12-4-2-3-5-13(12)16(23)25/h2-9,22H,1H3,(H,26,27). The van der Waals surface area contributed by atoms with Crippen molar-refractivity contribution in [3.63, 3.8) is 0 Å². The number of alkyl halides is 3. The van der Waals surface area contributed by atoms with E-state index < -0.39 is 35.7 Å². The van der Waals surface area contributed by atoms with E-state index in [0.717, 1.165) is 6.07 Å². The van der Waals surface area contributed by atoms with Crippen molar-refractivity contribution in [1.29, 1.82) is 0 Å². The average Bonchev–Trinajstić information content (AvgIpc) is 2.84. The monoisotopic (exact) mass is 378 g/mol. The van der Waals surface area contributed by atoms with E-state index in [1.54, 1.807) is 12.1 Å². The van der Waals surface area contributed by atoms with Crippen LogP contribution in [0.1, 0.15) is 44.8 Å². The molecule has 3 amide bonds. The normalized spacial score (nSPS) is 14.9. The van der Waals surface area contributed by atoms with Gasteiger partial charge in [0, 0.05) is 0 Å². The molecular formula is C18H13F3N2O4. The maximum absolute atomic E-state index is 13.5. The van der Waals surface area contributed by atoms with Crippen LogP contribution < -0.4 is 10.2 Å². The molecule has 2 N–H and O–H groups in total. The zero-order chi connectivity index (χ0) is 19.9. The van der Waals surface area contributed by atoms with Crippen LogP contribution in [0.3, 0.4) is 0 Å². The molecule has 0 bridgehead atoms. The van der Waals surface area contributed by atoms with E-state index in [1.165, 1.54) is 25.1 Å². The number of carbonyl (C=O) groups excluding carboxylic acids is 2. The molecule has 27 heavy (non-hydrogen) atoms. The van der Waals surface area contributed by atoms with E-state index in [1.807, 2.05) is 5.32 Å². The van der Waals surface area contributed by atoms with Gasteiger partial charge in [0.1, 0.15) is 0 Å². The number of carbonyl (C=O) groups is 3. The van der Waals surface area contributed by atoms with Gasteiger partial charge in [0.05, 0.1) is 28.4 Å². The minimum absolute atomic E-state index is 0.112. The van der Waals surface area contributed by atoms with Gasteiger partial charge in [0.2, 0.25) is 0 Å². The fourth-order valence-corrected chi connectivity index (χ4v) is 2.99. The van der Waals surface area contributed by atoms with E-state index in [9.17, 15) is 27.6 Å². The highest BCUT2D eigenvalue weighted by molar-refractivity contribution is 6.34. The summed E-state index contributed by atoms with van der Waals surface area (Å²) in [5, 5.41) is 10.7. The van der Waals surface area contributed by atoms with Gasteiger partial charge in [0.25, 0.3) is 11.8 Å². The largest absolute Gasteiger partial charge is 0.465 e. The third-order valence-corrected chi connectivity index (χ3v) is 4.20. The number of carboxylic acid groups (broad SMARTS) is 1. The first-order valence-corrected chi connectivity index (χ1v) is 7.79. The molecule has 1 unspecified atom stereocenters. The summed E-state index contributed by atoms with van der Waals surface area (Å²) in [7, 11) is 0. The predicted octanol–water partition coefficient (Wildman–Crippen LogP) is 3.83. The van der Waals surface area contributed by atoms with Crippen LogP contribution in [0.5, 0.6) is 0 Å². The van der Waals surface area contributed by atoms with Crippen molar-refractivity contribution in [3.8, 4) is 0 Å². The Kier molecular flexibility index (Phi) is 4.38. The zero-order valence-corrected chi connectivity index (χ0v) is 13.9. The molecule has 1 heterocycles. The molecule has 6 nitrogen and oxygen atoms in total. The van der Waals surface area contributed by atoms with Crippen molar-refractivity contribution in [1.82, 2.24) is 5.32 Å². The van der Waals surface area contributed by atoms with Gasteiger partial charge in [-0.25, -0.2) is 9.69 Å². The SMILES string of the molecule is CC(NC(=O)O)c1ccc(N2C(=O)c3ccccc3C2=O)cc1C(F)(F)F. The van der Waals surface area contributed by atoms with Gasteiger partial charge in [0.15, 0.2) is 0 Å². The molecule has 1 aliphatic rings. The number of fused-ring (bicyclic) bond motifs is 1. The lowest BCUT2D eigenvalue weighted by molar-refractivity contribution is -0.138. The molecule has 0 fully saturated rings. The zero-order valence-electron chi connectivity index (χ0n) is 13.9. The minimum atomic E-state index is -4.81. The summed E-state index contributed by atoms with van der Waals surface area (Å²) in [4.78, 5) is 36.4. The van der Waals surface area contributed by atoms with Gasteiger partial charge in [-0.15, -0.1) is 0 Å². The molecule has 3 rings (SSSR count). The topological polar surface area (TPSA) is 86.7 Å². The van der Waals surface area contributed by atoms with Crippen molar-refractivity contribution >= 4 is 23.6 Å². The highest BCUT2D eigenvalue weighted by atomic mass is 19.4. The molecule has 1 aliphatic heterocycles. The number of benzene rings is 2. The molecule has 2 aromatic carbocycles. The molecule has 0 aliphatic carbocycles. The van der Waals surface area contributed by atoms with Crippen LogP contribution in [-0.4, -0.2) is 23.0 Å². The van der Waals surface area contributed by atoms with Crippen LogP contribution in [-0.2, 0) is 6.18 Å². The first-order valence-electron chi connectivity index (χ1n) is 7.79. The second-order valence-corrected chi connectivity index (χ2v) is 5.93. The lowest BCUT2D eigenvalue weighted by Crippen LogP contribution is -2.30. The Balaban J connectivity index is 2.07. The summed E-state index contributed by atoms with van der Waals surface area (Å²) in [6.45, 7) is 1.26. The summed E-state index contributed by atoms with van der Waals surface area (Å²) in [5.74, 6) is -1.43. The van der Waals surface area contributed by atoms with E-state index in [2.05, 4.69) is 0 Å². The molecular weight excluding hydrogens is 365 g/mol. The Morgan fingerprint density at radius 1 is 1.07 bits per heavy atom. The first-order chi connectivity index (χ1) is 12.6. The summed E-state index contributed by atoms with van der Waals surface area (Å²) in [6, 6.07) is 7.73. The molecule has 0 radical (unpaired) electrons. The van der Waals surface area contributed by atoms with Gasteiger partial charge in [-0.1, -0.05) is 18.2 Å². The fourth-order valence-electron chi connectivity index (χ4n) is 2.99. The Morgan fingerprint density at radius 2 is 1.63 bits per heavy atom. The maximum Gasteiger partial charge on any atom is 0.416 e. The van der Waals surface area contributed by atoms with Gasteiger partial charge in [-0.3, -0.25) is 9.59 Å². The number of halogens is 3. The average molecular weight is 378 g/mol. The van der Waals surface area contributed by atoms with Crippen LogP contribution in [0.15, 0.2) is 42.5 Å². The number of amides is 3. The number of hydrogen-bond acceptors (Lipinski definition) is 3. The van der Waals surface area contributed by atoms with Gasteiger partial charge in [-0.2, -0.15) is 13.2 Å². The Morgan fingerprint density at radius 3 is 2.11 bits per heavy atom. The lowest BCUT2D eigenvalue weighted by atomic mass is 9.99. The van der Waals surface area contributed by atoms with Crippen molar-refractivity contribution in [2.75, 3.05) is 4.90 Å². The van der Waals surface area contributed by atoms with E-state index in [4.69, 9.17) is 5.11 Å². The van der Waals surface area contributed by atoms with Gasteiger partial charge < -0.3 is 10.4 Å².